The summed E-state index contributed by atoms with van der Waals surface area (Å²) in [6.45, 7) is 0.482. The van der Waals surface area contributed by atoms with Crippen molar-refractivity contribution in [3.8, 4) is 22.5 Å². The van der Waals surface area contributed by atoms with Crippen LogP contribution in [-0.4, -0.2) is 29.4 Å². The lowest BCUT2D eigenvalue weighted by Crippen LogP contribution is -2.40. The fraction of sp³-hybridized carbons (Fsp3) is 0.217. The number of aryl methyl sites for hydroxylation is 1. The summed E-state index contributed by atoms with van der Waals surface area (Å²) in [5.74, 6) is -4.32. The van der Waals surface area contributed by atoms with Gasteiger partial charge in [-0.15, -0.1) is 0 Å². The number of aromatic amines is 1. The van der Waals surface area contributed by atoms with Crippen molar-refractivity contribution in [1.29, 1.82) is 0 Å². The van der Waals surface area contributed by atoms with Gasteiger partial charge in [-0.1, -0.05) is 0 Å². The van der Waals surface area contributed by atoms with Gasteiger partial charge in [0.25, 0.3) is 0 Å². The molecule has 166 valence electrons. The molecule has 5 nitrogen and oxygen atoms in total. The van der Waals surface area contributed by atoms with E-state index in [9.17, 15) is 27.2 Å². The zero-order valence-corrected chi connectivity index (χ0v) is 16.8. The van der Waals surface area contributed by atoms with E-state index in [2.05, 4.69) is 15.6 Å². The SMILES string of the molecule is O=C(CCc1cc(-c2ccc(F)cc2)[nH]c1-c1c(F)cc(F)cc1F)NC1CCNC1=O. The number of aromatic nitrogens is 1. The van der Waals surface area contributed by atoms with E-state index < -0.39 is 34.9 Å². The van der Waals surface area contributed by atoms with Crippen molar-refractivity contribution >= 4 is 11.8 Å². The van der Waals surface area contributed by atoms with Gasteiger partial charge in [0.15, 0.2) is 0 Å². The highest BCUT2D eigenvalue weighted by molar-refractivity contribution is 5.89. The van der Waals surface area contributed by atoms with E-state index in [1.54, 1.807) is 6.07 Å². The predicted octanol–water partition coefficient (Wildman–Crippen LogP) is 3.84. The third-order valence-electron chi connectivity index (χ3n) is 5.32. The Kier molecular flexibility index (Phi) is 5.98. The van der Waals surface area contributed by atoms with Crippen LogP contribution < -0.4 is 10.6 Å². The molecule has 0 radical (unpaired) electrons. The normalized spacial score (nSPS) is 15.6. The molecule has 0 saturated carbocycles. The number of halogens is 4. The summed E-state index contributed by atoms with van der Waals surface area (Å²) >= 11 is 0. The maximum atomic E-state index is 14.5. The number of carbonyl (C=O) groups is 2. The molecule has 1 aliphatic rings. The number of hydrogen-bond acceptors (Lipinski definition) is 2. The number of rotatable bonds is 6. The van der Waals surface area contributed by atoms with E-state index in [1.165, 1.54) is 24.3 Å². The number of carbonyl (C=O) groups excluding carboxylic acids is 2. The Morgan fingerprint density at radius 2 is 1.69 bits per heavy atom. The van der Waals surface area contributed by atoms with Crippen LogP contribution >= 0.6 is 0 Å². The van der Waals surface area contributed by atoms with Crippen LogP contribution in [0.25, 0.3) is 22.5 Å². The molecule has 1 atom stereocenters. The van der Waals surface area contributed by atoms with Crippen LogP contribution in [0.4, 0.5) is 17.6 Å². The molecule has 4 rings (SSSR count). The standard InChI is InChI=1S/C23H19F4N3O2/c24-14-4-1-12(2-5-14)19-9-13(3-6-20(31)29-18-7-8-28-23(18)32)22(30-19)21-16(26)10-15(25)11-17(21)27/h1-2,4-5,9-11,18,30H,3,6-8H2,(H,28,32)(H,29,31). The molecule has 2 aromatic carbocycles. The van der Waals surface area contributed by atoms with Crippen molar-refractivity contribution in [2.75, 3.05) is 6.54 Å². The molecule has 3 aromatic rings. The van der Waals surface area contributed by atoms with E-state index in [-0.39, 0.29) is 30.3 Å². The van der Waals surface area contributed by atoms with Crippen molar-refractivity contribution < 1.29 is 27.2 Å². The Morgan fingerprint density at radius 1 is 1.00 bits per heavy atom. The minimum absolute atomic E-state index is 0.0398. The molecular formula is C23H19F4N3O2. The third-order valence-corrected chi connectivity index (χ3v) is 5.32. The molecule has 1 unspecified atom stereocenters. The molecule has 2 heterocycles. The minimum atomic E-state index is -1.09. The average molecular weight is 445 g/mol. The van der Waals surface area contributed by atoms with E-state index in [0.717, 1.165) is 0 Å². The summed E-state index contributed by atoms with van der Waals surface area (Å²) in [5.41, 5.74) is 1.04. The van der Waals surface area contributed by atoms with Gasteiger partial charge < -0.3 is 15.6 Å². The number of hydrogen-bond donors (Lipinski definition) is 3. The predicted molar refractivity (Wildman–Crippen MR) is 109 cm³/mol. The highest BCUT2D eigenvalue weighted by Gasteiger charge is 2.26. The van der Waals surface area contributed by atoms with Crippen molar-refractivity contribution in [1.82, 2.24) is 15.6 Å². The number of H-pyrrole nitrogens is 1. The fourth-order valence-corrected chi connectivity index (χ4v) is 3.73. The van der Waals surface area contributed by atoms with Crippen molar-refractivity contribution in [2.45, 2.75) is 25.3 Å². The fourth-order valence-electron chi connectivity index (χ4n) is 3.73. The van der Waals surface area contributed by atoms with E-state index in [4.69, 9.17) is 0 Å². The topological polar surface area (TPSA) is 74.0 Å². The Bertz CT molecular complexity index is 1150. The monoisotopic (exact) mass is 445 g/mol. The Hall–Kier alpha value is -3.62. The molecule has 2 amide bonds. The molecular weight excluding hydrogens is 426 g/mol. The summed E-state index contributed by atoms with van der Waals surface area (Å²) < 4.78 is 55.6. The molecule has 0 spiro atoms. The third kappa shape index (κ3) is 4.51. The second-order valence-corrected chi connectivity index (χ2v) is 7.53. The molecule has 3 N–H and O–H groups in total. The number of benzene rings is 2. The minimum Gasteiger partial charge on any atom is -0.354 e. The van der Waals surface area contributed by atoms with Crippen LogP contribution in [0.3, 0.4) is 0 Å². The Balaban J connectivity index is 1.64. The first-order valence-electron chi connectivity index (χ1n) is 10.0. The maximum absolute atomic E-state index is 14.5. The lowest BCUT2D eigenvalue weighted by molar-refractivity contribution is -0.127. The van der Waals surface area contributed by atoms with Crippen LogP contribution in [0.1, 0.15) is 18.4 Å². The highest BCUT2D eigenvalue weighted by Crippen LogP contribution is 2.33. The maximum Gasteiger partial charge on any atom is 0.242 e. The molecule has 0 bridgehead atoms. The second kappa shape index (κ2) is 8.86. The first-order valence-corrected chi connectivity index (χ1v) is 10.0. The quantitative estimate of drug-likeness (QED) is 0.505. The van der Waals surface area contributed by atoms with Crippen molar-refractivity contribution in [3.05, 3.63) is 71.3 Å². The van der Waals surface area contributed by atoms with Gasteiger partial charge in [0.2, 0.25) is 11.8 Å². The highest BCUT2D eigenvalue weighted by atomic mass is 19.1. The van der Waals surface area contributed by atoms with E-state index >= 15 is 0 Å². The first kappa shape index (κ1) is 21.6. The van der Waals surface area contributed by atoms with Crippen LogP contribution in [-0.2, 0) is 16.0 Å². The largest absolute Gasteiger partial charge is 0.354 e. The van der Waals surface area contributed by atoms with Crippen LogP contribution in [0.5, 0.6) is 0 Å². The molecule has 1 saturated heterocycles. The van der Waals surface area contributed by atoms with Crippen LogP contribution in [0.2, 0.25) is 0 Å². The van der Waals surface area contributed by atoms with Gasteiger partial charge in [0.05, 0.1) is 11.3 Å². The zero-order valence-electron chi connectivity index (χ0n) is 16.8. The molecule has 32 heavy (non-hydrogen) atoms. The summed E-state index contributed by atoms with van der Waals surface area (Å²) in [5, 5.41) is 5.25. The van der Waals surface area contributed by atoms with Gasteiger partial charge in [-0.2, -0.15) is 0 Å². The summed E-state index contributed by atoms with van der Waals surface area (Å²) in [7, 11) is 0. The van der Waals surface area contributed by atoms with E-state index in [0.29, 0.717) is 41.9 Å². The summed E-state index contributed by atoms with van der Waals surface area (Å²) in [4.78, 5) is 26.9. The van der Waals surface area contributed by atoms with Gasteiger partial charge in [0.1, 0.15) is 29.3 Å². The van der Waals surface area contributed by atoms with Gasteiger partial charge in [-0.25, -0.2) is 17.6 Å². The van der Waals surface area contributed by atoms with Gasteiger partial charge in [-0.05, 0) is 54.3 Å². The van der Waals surface area contributed by atoms with Gasteiger partial charge >= 0.3 is 0 Å². The van der Waals surface area contributed by atoms with Crippen LogP contribution in [0.15, 0.2) is 42.5 Å². The zero-order chi connectivity index (χ0) is 22.8. The van der Waals surface area contributed by atoms with Crippen molar-refractivity contribution in [2.24, 2.45) is 0 Å². The van der Waals surface area contributed by atoms with E-state index in [1.807, 2.05) is 0 Å². The molecule has 1 aliphatic heterocycles. The van der Waals surface area contributed by atoms with Crippen molar-refractivity contribution in [3.63, 3.8) is 0 Å². The Morgan fingerprint density at radius 3 is 2.31 bits per heavy atom. The van der Waals surface area contributed by atoms with Gasteiger partial charge in [-0.3, -0.25) is 9.59 Å². The Labute approximate surface area is 180 Å². The van der Waals surface area contributed by atoms with Crippen LogP contribution in [0, 0.1) is 23.3 Å². The number of amides is 2. The molecule has 1 fully saturated rings. The van der Waals surface area contributed by atoms with Gasteiger partial charge in [0, 0.05) is 30.8 Å². The summed E-state index contributed by atoms with van der Waals surface area (Å²) in [6, 6.07) is 7.64. The average Bonchev–Trinajstić information content (AvgIpc) is 3.33. The number of nitrogens with one attached hydrogen (secondary N) is 3. The molecule has 9 heteroatoms. The first-order chi connectivity index (χ1) is 15.3. The smallest absolute Gasteiger partial charge is 0.242 e. The lowest BCUT2D eigenvalue weighted by Gasteiger charge is -2.10. The summed E-state index contributed by atoms with van der Waals surface area (Å²) in [6.07, 6.45) is 0.548. The molecule has 0 aliphatic carbocycles. The second-order valence-electron chi connectivity index (χ2n) is 7.53. The molecule has 1 aromatic heterocycles. The lowest BCUT2D eigenvalue weighted by atomic mass is 10.0.